The van der Waals surface area contributed by atoms with Gasteiger partial charge in [0, 0.05) is 24.7 Å². The second-order valence-corrected chi connectivity index (χ2v) is 7.04. The molecule has 0 atom stereocenters. The first-order valence-electron chi connectivity index (χ1n) is 9.89. The summed E-state index contributed by atoms with van der Waals surface area (Å²) in [6.45, 7) is 2.52. The fourth-order valence-electron chi connectivity index (χ4n) is 3.43. The van der Waals surface area contributed by atoms with Crippen molar-refractivity contribution in [2.24, 2.45) is 0 Å². The van der Waals surface area contributed by atoms with Gasteiger partial charge in [0.15, 0.2) is 0 Å². The summed E-state index contributed by atoms with van der Waals surface area (Å²) in [5.41, 5.74) is 6.87. The van der Waals surface area contributed by atoms with Gasteiger partial charge in [-0.15, -0.1) is 0 Å². The molecule has 148 valence electrons. The highest BCUT2D eigenvalue weighted by molar-refractivity contribution is 5.95. The monoisotopic (exact) mass is 386 g/mol. The molecule has 4 heteroatoms. The van der Waals surface area contributed by atoms with E-state index in [1.165, 1.54) is 16.5 Å². The molecule has 1 heterocycles. The fourth-order valence-corrected chi connectivity index (χ4v) is 3.43. The topological polar surface area (TPSA) is 46.3 Å². The highest BCUT2D eigenvalue weighted by Gasteiger charge is 2.10. The zero-order valence-electron chi connectivity index (χ0n) is 16.7. The van der Waals surface area contributed by atoms with Crippen molar-refractivity contribution in [3.63, 3.8) is 0 Å². The molecule has 0 aliphatic heterocycles. The molecule has 0 aliphatic rings. The number of rotatable bonds is 9. The van der Waals surface area contributed by atoms with Crippen molar-refractivity contribution in [3.05, 3.63) is 90.0 Å². The molecule has 0 saturated carbocycles. The Bertz CT molecular complexity index is 1040. The molecule has 0 saturated heterocycles. The second kappa shape index (κ2) is 9.41. The van der Waals surface area contributed by atoms with Crippen LogP contribution in [0.1, 0.15) is 11.1 Å². The van der Waals surface area contributed by atoms with Gasteiger partial charge in [0.1, 0.15) is 0 Å². The Morgan fingerprint density at radius 3 is 2.34 bits per heavy atom. The Hall–Kier alpha value is -3.08. The molecule has 4 rings (SSSR count). The van der Waals surface area contributed by atoms with Gasteiger partial charge in [-0.05, 0) is 34.9 Å². The van der Waals surface area contributed by atoms with Crippen molar-refractivity contribution in [2.75, 3.05) is 25.6 Å². The van der Waals surface area contributed by atoms with Gasteiger partial charge in [0.25, 0.3) is 0 Å². The minimum Gasteiger partial charge on any atom is -0.382 e. The van der Waals surface area contributed by atoms with E-state index in [0.29, 0.717) is 19.8 Å². The van der Waals surface area contributed by atoms with Crippen molar-refractivity contribution in [1.29, 1.82) is 0 Å². The van der Waals surface area contributed by atoms with E-state index >= 15 is 0 Å². The largest absolute Gasteiger partial charge is 0.382 e. The SMILES string of the molecule is COCCOCc1cc(NCc2ccccc2)c2[nH]c(-c3ccccc3)cc2c1. The average molecular weight is 386 g/mol. The lowest BCUT2D eigenvalue weighted by atomic mass is 10.1. The number of anilines is 1. The molecule has 0 bridgehead atoms. The summed E-state index contributed by atoms with van der Waals surface area (Å²) in [5.74, 6) is 0. The van der Waals surface area contributed by atoms with Gasteiger partial charge in [0.05, 0.1) is 31.0 Å². The first-order chi connectivity index (χ1) is 14.3. The van der Waals surface area contributed by atoms with Gasteiger partial charge in [-0.3, -0.25) is 0 Å². The van der Waals surface area contributed by atoms with Crippen LogP contribution in [0.5, 0.6) is 0 Å². The summed E-state index contributed by atoms with van der Waals surface area (Å²) in [6.07, 6.45) is 0. The van der Waals surface area contributed by atoms with E-state index in [0.717, 1.165) is 29.0 Å². The van der Waals surface area contributed by atoms with Crippen LogP contribution in [0.15, 0.2) is 78.9 Å². The molecule has 0 aliphatic carbocycles. The van der Waals surface area contributed by atoms with Crippen LogP contribution in [0, 0.1) is 0 Å². The first-order valence-corrected chi connectivity index (χ1v) is 9.89. The number of H-pyrrole nitrogens is 1. The normalized spacial score (nSPS) is 11.1. The summed E-state index contributed by atoms with van der Waals surface area (Å²) in [5, 5.41) is 4.77. The van der Waals surface area contributed by atoms with Crippen LogP contribution in [0.2, 0.25) is 0 Å². The number of hydrogen-bond acceptors (Lipinski definition) is 3. The van der Waals surface area contributed by atoms with Gasteiger partial charge >= 0.3 is 0 Å². The maximum atomic E-state index is 5.76. The van der Waals surface area contributed by atoms with E-state index in [2.05, 4.69) is 77.0 Å². The van der Waals surface area contributed by atoms with Crippen LogP contribution in [-0.4, -0.2) is 25.3 Å². The lowest BCUT2D eigenvalue weighted by molar-refractivity contribution is 0.0617. The van der Waals surface area contributed by atoms with E-state index in [9.17, 15) is 0 Å². The van der Waals surface area contributed by atoms with Crippen molar-refractivity contribution in [1.82, 2.24) is 4.98 Å². The molecule has 4 aromatic rings. The highest BCUT2D eigenvalue weighted by atomic mass is 16.5. The Kier molecular flexibility index (Phi) is 6.25. The van der Waals surface area contributed by atoms with Crippen LogP contribution in [-0.2, 0) is 22.6 Å². The smallest absolute Gasteiger partial charge is 0.0719 e. The highest BCUT2D eigenvalue weighted by Crippen LogP contribution is 2.31. The maximum absolute atomic E-state index is 5.76. The number of fused-ring (bicyclic) bond motifs is 1. The number of hydrogen-bond donors (Lipinski definition) is 2. The molecule has 2 N–H and O–H groups in total. The van der Waals surface area contributed by atoms with E-state index in [1.54, 1.807) is 7.11 Å². The van der Waals surface area contributed by atoms with Crippen LogP contribution < -0.4 is 5.32 Å². The zero-order valence-corrected chi connectivity index (χ0v) is 16.7. The zero-order chi connectivity index (χ0) is 19.9. The molecule has 0 fully saturated rings. The van der Waals surface area contributed by atoms with Crippen LogP contribution >= 0.6 is 0 Å². The summed E-state index contributed by atoms with van der Waals surface area (Å²) in [4.78, 5) is 3.60. The molecule has 4 nitrogen and oxygen atoms in total. The fraction of sp³-hybridized carbons (Fsp3) is 0.200. The third-order valence-electron chi connectivity index (χ3n) is 4.90. The van der Waals surface area contributed by atoms with Gasteiger partial charge in [-0.1, -0.05) is 60.7 Å². The quantitative estimate of drug-likeness (QED) is 0.368. The second-order valence-electron chi connectivity index (χ2n) is 7.04. The Balaban J connectivity index is 1.64. The minimum absolute atomic E-state index is 0.561. The van der Waals surface area contributed by atoms with Crippen LogP contribution in [0.4, 0.5) is 5.69 Å². The molecular weight excluding hydrogens is 360 g/mol. The van der Waals surface area contributed by atoms with E-state index in [4.69, 9.17) is 9.47 Å². The van der Waals surface area contributed by atoms with Crippen molar-refractivity contribution >= 4 is 16.6 Å². The summed E-state index contributed by atoms with van der Waals surface area (Å²) < 4.78 is 10.8. The Morgan fingerprint density at radius 2 is 1.59 bits per heavy atom. The first kappa shape index (κ1) is 19.2. The molecule has 29 heavy (non-hydrogen) atoms. The summed E-state index contributed by atoms with van der Waals surface area (Å²) >= 11 is 0. The minimum atomic E-state index is 0.561. The molecule has 0 spiro atoms. The number of nitrogens with one attached hydrogen (secondary N) is 2. The lowest BCUT2D eigenvalue weighted by Gasteiger charge is -2.11. The number of aromatic nitrogens is 1. The van der Waals surface area contributed by atoms with Crippen molar-refractivity contribution < 1.29 is 9.47 Å². The Labute approximate surface area is 171 Å². The number of aromatic amines is 1. The third kappa shape index (κ3) is 4.86. The van der Waals surface area contributed by atoms with Gasteiger partial charge in [-0.25, -0.2) is 0 Å². The molecular formula is C25H26N2O2. The molecule has 0 amide bonds. The maximum Gasteiger partial charge on any atom is 0.0719 e. The van der Waals surface area contributed by atoms with Crippen molar-refractivity contribution in [2.45, 2.75) is 13.2 Å². The van der Waals surface area contributed by atoms with E-state index in [1.807, 2.05) is 12.1 Å². The van der Waals surface area contributed by atoms with Gasteiger partial charge in [0.2, 0.25) is 0 Å². The van der Waals surface area contributed by atoms with Crippen LogP contribution in [0.3, 0.4) is 0 Å². The van der Waals surface area contributed by atoms with Gasteiger partial charge in [-0.2, -0.15) is 0 Å². The van der Waals surface area contributed by atoms with E-state index in [-0.39, 0.29) is 0 Å². The standard InChI is InChI=1S/C25H26N2O2/c1-28-12-13-29-18-20-14-22-16-23(21-10-6-3-7-11-21)27-25(22)24(15-20)26-17-19-8-4-2-5-9-19/h2-11,14-16,26-27H,12-13,17-18H2,1H3. The van der Waals surface area contributed by atoms with Crippen LogP contribution in [0.25, 0.3) is 22.2 Å². The molecule has 0 unspecified atom stereocenters. The summed E-state index contributed by atoms with van der Waals surface area (Å²) in [7, 11) is 1.69. The molecule has 3 aromatic carbocycles. The number of benzene rings is 3. The third-order valence-corrected chi connectivity index (χ3v) is 4.90. The average Bonchev–Trinajstić information content (AvgIpc) is 3.21. The van der Waals surface area contributed by atoms with E-state index < -0.39 is 0 Å². The number of ether oxygens (including phenoxy) is 2. The van der Waals surface area contributed by atoms with Crippen molar-refractivity contribution in [3.8, 4) is 11.3 Å². The van der Waals surface area contributed by atoms with Gasteiger partial charge < -0.3 is 19.8 Å². The molecule has 1 aromatic heterocycles. The molecule has 0 radical (unpaired) electrons. The summed E-state index contributed by atoms with van der Waals surface area (Å²) in [6, 6.07) is 27.4. The predicted molar refractivity (Wildman–Crippen MR) is 119 cm³/mol. The predicted octanol–water partition coefficient (Wildman–Crippen LogP) is 5.61. The lowest BCUT2D eigenvalue weighted by Crippen LogP contribution is -2.03. The Morgan fingerprint density at radius 1 is 0.828 bits per heavy atom. The number of methoxy groups -OCH3 is 1.